The standard InChI is InChI=1S/C30H36NO/c1-27(2,3)23-19-24(28(4,5)6)26-25(20-23)29(7,8)30(31(26)32,21-15-11-9-12-16-21)22-17-13-10-14-18-22/h9-20H,1-8H3. The third kappa shape index (κ3) is 3.11. The van der Waals surface area contributed by atoms with Crippen LogP contribution in [0.4, 0.5) is 5.69 Å². The fraction of sp³-hybridized carbons (Fsp3) is 0.400. The molecule has 32 heavy (non-hydrogen) atoms. The van der Waals surface area contributed by atoms with Gasteiger partial charge in [0.25, 0.3) is 0 Å². The average Bonchev–Trinajstić information content (AvgIpc) is 2.91. The van der Waals surface area contributed by atoms with Crippen molar-refractivity contribution >= 4 is 5.69 Å². The summed E-state index contributed by atoms with van der Waals surface area (Å²) in [6.07, 6.45) is 0. The van der Waals surface area contributed by atoms with Crippen LogP contribution in [0.5, 0.6) is 0 Å². The molecule has 4 rings (SSSR count). The second-order valence-electron chi connectivity index (χ2n) is 11.8. The summed E-state index contributed by atoms with van der Waals surface area (Å²) in [5.74, 6) is 0. The lowest BCUT2D eigenvalue weighted by Crippen LogP contribution is -2.52. The highest BCUT2D eigenvalue weighted by molar-refractivity contribution is 5.75. The lowest BCUT2D eigenvalue weighted by molar-refractivity contribution is 0.0759. The molecule has 167 valence electrons. The van der Waals surface area contributed by atoms with E-state index < -0.39 is 11.0 Å². The Morgan fingerprint density at radius 2 is 1.16 bits per heavy atom. The molecule has 1 aliphatic rings. The van der Waals surface area contributed by atoms with Crippen LogP contribution in [-0.4, -0.2) is 0 Å². The number of fused-ring (bicyclic) bond motifs is 1. The highest BCUT2D eigenvalue weighted by atomic mass is 16.5. The van der Waals surface area contributed by atoms with E-state index in [1.54, 1.807) is 0 Å². The Hall–Kier alpha value is -2.58. The van der Waals surface area contributed by atoms with Gasteiger partial charge < -0.3 is 0 Å². The second-order valence-corrected chi connectivity index (χ2v) is 11.8. The van der Waals surface area contributed by atoms with Gasteiger partial charge in [0, 0.05) is 5.41 Å². The van der Waals surface area contributed by atoms with Crippen molar-refractivity contribution in [3.8, 4) is 0 Å². The first-order valence-corrected chi connectivity index (χ1v) is 11.6. The Bertz CT molecular complexity index is 1080. The molecule has 2 heteroatoms. The van der Waals surface area contributed by atoms with Crippen LogP contribution in [0.15, 0.2) is 72.8 Å². The molecule has 0 amide bonds. The predicted octanol–water partition coefficient (Wildman–Crippen LogP) is 7.67. The highest BCUT2D eigenvalue weighted by Gasteiger charge is 2.61. The van der Waals surface area contributed by atoms with Crippen molar-refractivity contribution < 1.29 is 5.21 Å². The topological polar surface area (TPSA) is 23.1 Å². The summed E-state index contributed by atoms with van der Waals surface area (Å²) < 4.78 is 0. The van der Waals surface area contributed by atoms with E-state index in [1.807, 2.05) is 36.4 Å². The van der Waals surface area contributed by atoms with E-state index in [2.05, 4.69) is 91.8 Å². The van der Waals surface area contributed by atoms with Crippen molar-refractivity contribution in [2.45, 2.75) is 77.2 Å². The molecular weight excluding hydrogens is 390 g/mol. The van der Waals surface area contributed by atoms with Crippen molar-refractivity contribution in [3.63, 3.8) is 0 Å². The molecule has 0 saturated carbocycles. The van der Waals surface area contributed by atoms with Crippen LogP contribution in [-0.2, 0) is 27.0 Å². The molecule has 0 saturated heterocycles. The molecule has 2 nitrogen and oxygen atoms in total. The Morgan fingerprint density at radius 1 is 0.688 bits per heavy atom. The molecular formula is C30H36NO. The number of anilines is 1. The largest absolute Gasteiger partial charge is 0.204 e. The molecule has 1 radical (unpaired) electrons. The summed E-state index contributed by atoms with van der Waals surface area (Å²) >= 11 is 0. The molecule has 0 spiro atoms. The molecule has 0 aromatic heterocycles. The van der Waals surface area contributed by atoms with Crippen LogP contribution < -0.4 is 5.06 Å². The summed E-state index contributed by atoms with van der Waals surface area (Å²) in [4.78, 5) is 0. The Morgan fingerprint density at radius 3 is 1.56 bits per heavy atom. The Kier molecular flexibility index (Phi) is 5.10. The molecule has 0 N–H and O–H groups in total. The van der Waals surface area contributed by atoms with Gasteiger partial charge in [0.15, 0.2) is 0 Å². The van der Waals surface area contributed by atoms with E-state index >= 15 is 0 Å². The van der Waals surface area contributed by atoms with Gasteiger partial charge in [-0.1, -0.05) is 133 Å². The number of hydrogen-bond donors (Lipinski definition) is 0. The van der Waals surface area contributed by atoms with Gasteiger partial charge in [-0.25, -0.2) is 5.06 Å². The van der Waals surface area contributed by atoms with Gasteiger partial charge in [-0.3, -0.25) is 0 Å². The molecule has 0 atom stereocenters. The SMILES string of the molecule is CC(C)(C)c1cc(C(C)(C)C)c2c(c1)C(C)(C)C(c1ccccc1)(c1ccccc1)N2[O]. The first-order valence-electron chi connectivity index (χ1n) is 11.6. The van der Waals surface area contributed by atoms with Crippen LogP contribution in [0, 0.1) is 0 Å². The average molecular weight is 427 g/mol. The lowest BCUT2D eigenvalue weighted by atomic mass is 9.63. The van der Waals surface area contributed by atoms with E-state index in [1.165, 1.54) is 10.6 Å². The Balaban J connectivity index is 2.15. The minimum Gasteiger partial charge on any atom is -0.204 e. The first kappa shape index (κ1) is 22.6. The van der Waals surface area contributed by atoms with E-state index in [0.29, 0.717) is 0 Å². The summed E-state index contributed by atoms with van der Waals surface area (Å²) in [5, 5.41) is 16.0. The minimum absolute atomic E-state index is 0.0103. The van der Waals surface area contributed by atoms with Crippen molar-refractivity contribution in [2.75, 3.05) is 5.06 Å². The summed E-state index contributed by atoms with van der Waals surface area (Å²) in [7, 11) is 0. The first-order chi connectivity index (χ1) is 14.8. The van der Waals surface area contributed by atoms with Gasteiger partial charge >= 0.3 is 0 Å². The van der Waals surface area contributed by atoms with E-state index in [-0.39, 0.29) is 10.8 Å². The number of rotatable bonds is 2. The van der Waals surface area contributed by atoms with Crippen molar-refractivity contribution in [3.05, 3.63) is 101 Å². The van der Waals surface area contributed by atoms with E-state index in [9.17, 15) is 5.21 Å². The highest BCUT2D eigenvalue weighted by Crippen LogP contribution is 2.61. The fourth-order valence-electron chi connectivity index (χ4n) is 5.43. The third-order valence-corrected chi connectivity index (χ3v) is 7.25. The van der Waals surface area contributed by atoms with Gasteiger partial charge in [-0.2, -0.15) is 0 Å². The van der Waals surface area contributed by atoms with E-state index in [0.717, 1.165) is 27.9 Å². The maximum absolute atomic E-state index is 14.7. The molecule has 0 fully saturated rings. The minimum atomic E-state index is -0.853. The Labute approximate surface area is 193 Å². The van der Waals surface area contributed by atoms with Crippen LogP contribution >= 0.6 is 0 Å². The summed E-state index contributed by atoms with van der Waals surface area (Å²) in [6, 6.07) is 25.2. The molecule has 1 aliphatic heterocycles. The molecule has 3 aromatic rings. The number of hydrogen-bond acceptors (Lipinski definition) is 1. The van der Waals surface area contributed by atoms with Gasteiger partial charge in [0.05, 0.1) is 5.69 Å². The van der Waals surface area contributed by atoms with Gasteiger partial charge in [-0.15, -0.1) is 0 Å². The molecule has 0 bridgehead atoms. The van der Waals surface area contributed by atoms with Crippen molar-refractivity contribution in [1.82, 2.24) is 0 Å². The quantitative estimate of drug-likeness (QED) is 0.412. The summed E-state index contributed by atoms with van der Waals surface area (Å²) in [5.41, 5.74) is 4.95. The third-order valence-electron chi connectivity index (χ3n) is 7.25. The predicted molar refractivity (Wildman–Crippen MR) is 134 cm³/mol. The molecule has 3 aromatic carbocycles. The molecule has 0 aliphatic carbocycles. The van der Waals surface area contributed by atoms with Crippen LogP contribution in [0.25, 0.3) is 0 Å². The van der Waals surface area contributed by atoms with Gasteiger partial charge in [0.1, 0.15) is 5.54 Å². The van der Waals surface area contributed by atoms with Crippen molar-refractivity contribution in [1.29, 1.82) is 0 Å². The van der Waals surface area contributed by atoms with Crippen LogP contribution in [0.1, 0.15) is 83.2 Å². The van der Waals surface area contributed by atoms with Gasteiger partial charge in [-0.05, 0) is 38.6 Å². The zero-order valence-corrected chi connectivity index (χ0v) is 20.8. The second kappa shape index (κ2) is 7.22. The maximum atomic E-state index is 14.7. The smallest absolute Gasteiger partial charge is 0.129 e. The maximum Gasteiger partial charge on any atom is 0.129 e. The van der Waals surface area contributed by atoms with Gasteiger partial charge in [0.2, 0.25) is 0 Å². The number of hydroxylamine groups is 1. The normalized spacial score (nSPS) is 17.3. The van der Waals surface area contributed by atoms with E-state index in [4.69, 9.17) is 0 Å². The zero-order valence-electron chi connectivity index (χ0n) is 20.8. The molecule has 0 unspecified atom stereocenters. The zero-order chi connectivity index (χ0) is 23.5. The van der Waals surface area contributed by atoms with Crippen molar-refractivity contribution in [2.24, 2.45) is 0 Å². The summed E-state index contributed by atoms with van der Waals surface area (Å²) in [6.45, 7) is 17.9. The lowest BCUT2D eigenvalue weighted by Gasteiger charge is -2.45. The number of nitrogens with zero attached hydrogens (tertiary/aromatic N) is 1. The molecule has 1 heterocycles. The monoisotopic (exact) mass is 426 g/mol. The van der Waals surface area contributed by atoms with Crippen LogP contribution in [0.3, 0.4) is 0 Å². The van der Waals surface area contributed by atoms with Crippen LogP contribution in [0.2, 0.25) is 0 Å². The fourth-order valence-corrected chi connectivity index (χ4v) is 5.43. The number of benzene rings is 3.